The van der Waals surface area contributed by atoms with Crippen molar-refractivity contribution in [3.8, 4) is 0 Å². The molecule has 6 nitrogen and oxygen atoms in total. The minimum atomic E-state index is -0.457. The van der Waals surface area contributed by atoms with Crippen molar-refractivity contribution in [1.29, 1.82) is 0 Å². The summed E-state index contributed by atoms with van der Waals surface area (Å²) in [6.45, 7) is 8.33. The lowest BCUT2D eigenvalue weighted by molar-refractivity contribution is -0.0353. The molecule has 6 heteroatoms. The number of amides is 1. The largest absolute Gasteiger partial charge is 0.450 e. The molecule has 0 spiro atoms. The number of hydrogen-bond acceptors (Lipinski definition) is 5. The summed E-state index contributed by atoms with van der Waals surface area (Å²) in [6, 6.07) is 0. The average molecular weight is 314 g/mol. The van der Waals surface area contributed by atoms with Gasteiger partial charge in [-0.3, -0.25) is 4.90 Å². The number of carbonyl (C=O) groups excluding carboxylic acids is 1. The first-order chi connectivity index (χ1) is 10.6. The lowest BCUT2D eigenvalue weighted by Gasteiger charge is -2.35. The number of hydrogen-bond donors (Lipinski definition) is 1. The Morgan fingerprint density at radius 2 is 2.00 bits per heavy atom. The Morgan fingerprint density at radius 1 is 1.27 bits per heavy atom. The molecule has 1 saturated carbocycles. The second-order valence-electron chi connectivity index (χ2n) is 6.42. The Labute approximate surface area is 133 Å². The van der Waals surface area contributed by atoms with Crippen LogP contribution in [0.3, 0.4) is 0 Å². The summed E-state index contributed by atoms with van der Waals surface area (Å²) in [5.41, 5.74) is 0. The van der Waals surface area contributed by atoms with Gasteiger partial charge in [0.15, 0.2) is 0 Å². The monoisotopic (exact) mass is 314 g/mol. The van der Waals surface area contributed by atoms with Crippen LogP contribution in [-0.2, 0) is 9.47 Å². The normalized spacial score (nSPS) is 27.9. The Hall–Kier alpha value is -0.850. The van der Waals surface area contributed by atoms with Gasteiger partial charge in [0, 0.05) is 32.7 Å². The van der Waals surface area contributed by atoms with Crippen molar-refractivity contribution in [2.45, 2.75) is 45.3 Å². The third-order valence-electron chi connectivity index (χ3n) is 4.65. The van der Waals surface area contributed by atoms with E-state index in [-0.39, 0.29) is 6.09 Å². The molecule has 2 rings (SSSR count). The molecule has 22 heavy (non-hydrogen) atoms. The Bertz CT molecular complexity index is 345. The Balaban J connectivity index is 1.62. The van der Waals surface area contributed by atoms with Gasteiger partial charge < -0.3 is 19.5 Å². The van der Waals surface area contributed by atoms with Gasteiger partial charge in [-0.2, -0.15) is 0 Å². The Morgan fingerprint density at radius 3 is 2.59 bits per heavy atom. The topological polar surface area (TPSA) is 62.2 Å². The number of aliphatic hydroxyl groups is 1. The molecule has 0 aromatic carbocycles. The summed E-state index contributed by atoms with van der Waals surface area (Å²) < 4.78 is 10.9. The van der Waals surface area contributed by atoms with E-state index in [4.69, 9.17) is 9.47 Å². The van der Waals surface area contributed by atoms with E-state index in [0.717, 1.165) is 19.5 Å². The predicted molar refractivity (Wildman–Crippen MR) is 83.8 cm³/mol. The van der Waals surface area contributed by atoms with Crippen molar-refractivity contribution in [2.75, 3.05) is 45.9 Å². The van der Waals surface area contributed by atoms with Gasteiger partial charge in [-0.25, -0.2) is 4.79 Å². The number of ether oxygens (including phenoxy) is 2. The van der Waals surface area contributed by atoms with E-state index in [1.807, 2.05) is 6.92 Å². The van der Waals surface area contributed by atoms with Gasteiger partial charge >= 0.3 is 6.09 Å². The number of piperazine rings is 1. The first-order valence-corrected chi connectivity index (χ1v) is 8.54. The lowest BCUT2D eigenvalue weighted by atomic mass is 10.1. The van der Waals surface area contributed by atoms with Gasteiger partial charge in [-0.05, 0) is 25.7 Å². The zero-order chi connectivity index (χ0) is 15.9. The average Bonchev–Trinajstić information content (AvgIpc) is 2.91. The molecule has 2 aliphatic rings. The zero-order valence-electron chi connectivity index (χ0n) is 13.9. The van der Waals surface area contributed by atoms with Crippen LogP contribution in [0.25, 0.3) is 0 Å². The fourth-order valence-corrected chi connectivity index (χ4v) is 3.27. The molecule has 1 aliphatic heterocycles. The van der Waals surface area contributed by atoms with Crippen molar-refractivity contribution in [3.63, 3.8) is 0 Å². The molecule has 1 heterocycles. The number of carbonyl (C=O) groups is 1. The fraction of sp³-hybridized carbons (Fsp3) is 0.938. The fourth-order valence-electron chi connectivity index (χ4n) is 3.27. The van der Waals surface area contributed by atoms with E-state index in [0.29, 0.717) is 44.9 Å². The standard InChI is InChI=1S/C16H30N2O4/c1-3-21-16(20)18-9-7-17(8-10-18)11-14(19)12-22-15-6-4-5-13(15)2/h13-15,19H,3-12H2,1-2H3/t13-,14+,15-/m0/s1. The van der Waals surface area contributed by atoms with Gasteiger partial charge in [0.1, 0.15) is 0 Å². The third-order valence-corrected chi connectivity index (χ3v) is 4.65. The molecular weight excluding hydrogens is 284 g/mol. The zero-order valence-corrected chi connectivity index (χ0v) is 13.9. The smallest absolute Gasteiger partial charge is 0.409 e. The second-order valence-corrected chi connectivity index (χ2v) is 6.42. The third kappa shape index (κ3) is 5.11. The van der Waals surface area contributed by atoms with Crippen molar-refractivity contribution in [1.82, 2.24) is 9.80 Å². The van der Waals surface area contributed by atoms with Gasteiger partial charge in [0.05, 0.1) is 25.4 Å². The number of rotatable bonds is 6. The van der Waals surface area contributed by atoms with E-state index < -0.39 is 6.10 Å². The highest BCUT2D eigenvalue weighted by Gasteiger charge is 2.26. The maximum Gasteiger partial charge on any atom is 0.409 e. The van der Waals surface area contributed by atoms with Crippen LogP contribution in [0, 0.1) is 5.92 Å². The maximum atomic E-state index is 11.6. The highest BCUT2D eigenvalue weighted by Crippen LogP contribution is 2.27. The molecule has 0 bridgehead atoms. The summed E-state index contributed by atoms with van der Waals surface area (Å²) in [4.78, 5) is 15.5. The van der Waals surface area contributed by atoms with Crippen LogP contribution in [0.2, 0.25) is 0 Å². The summed E-state index contributed by atoms with van der Waals surface area (Å²) in [6.07, 6.45) is 3.21. The van der Waals surface area contributed by atoms with E-state index >= 15 is 0 Å². The van der Waals surface area contributed by atoms with Crippen molar-refractivity contribution in [2.24, 2.45) is 5.92 Å². The van der Waals surface area contributed by atoms with Crippen molar-refractivity contribution in [3.05, 3.63) is 0 Å². The van der Waals surface area contributed by atoms with Gasteiger partial charge in [-0.1, -0.05) is 13.3 Å². The lowest BCUT2D eigenvalue weighted by Crippen LogP contribution is -2.51. The summed E-state index contributed by atoms with van der Waals surface area (Å²) in [7, 11) is 0. The summed E-state index contributed by atoms with van der Waals surface area (Å²) in [5.74, 6) is 0.611. The van der Waals surface area contributed by atoms with Crippen LogP contribution in [-0.4, -0.2) is 79.1 Å². The van der Waals surface area contributed by atoms with Crippen LogP contribution < -0.4 is 0 Å². The molecule has 1 aliphatic carbocycles. The number of aliphatic hydroxyl groups excluding tert-OH is 1. The van der Waals surface area contributed by atoms with E-state index in [1.165, 1.54) is 12.8 Å². The second kappa shape index (κ2) is 8.70. The number of nitrogens with zero attached hydrogens (tertiary/aromatic N) is 2. The SMILES string of the molecule is CCOC(=O)N1CCN(C[C@@H](O)CO[C@H]2CCC[C@@H]2C)CC1. The molecular formula is C16H30N2O4. The van der Waals surface area contributed by atoms with E-state index in [2.05, 4.69) is 11.8 Å². The summed E-state index contributed by atoms with van der Waals surface area (Å²) in [5, 5.41) is 10.1. The quantitative estimate of drug-likeness (QED) is 0.801. The molecule has 128 valence electrons. The predicted octanol–water partition coefficient (Wildman–Crippen LogP) is 1.33. The number of β-amino-alcohol motifs (C(OH)–C–C–N with tert-alkyl or cyclic N) is 1. The molecule has 3 atom stereocenters. The molecule has 2 fully saturated rings. The highest BCUT2D eigenvalue weighted by atomic mass is 16.6. The van der Waals surface area contributed by atoms with Crippen molar-refractivity contribution < 1.29 is 19.4 Å². The minimum Gasteiger partial charge on any atom is -0.450 e. The van der Waals surface area contributed by atoms with Crippen LogP contribution in [0.15, 0.2) is 0 Å². The van der Waals surface area contributed by atoms with Gasteiger partial charge in [-0.15, -0.1) is 0 Å². The van der Waals surface area contributed by atoms with Crippen molar-refractivity contribution >= 4 is 6.09 Å². The van der Waals surface area contributed by atoms with Gasteiger partial charge in [0.2, 0.25) is 0 Å². The molecule has 0 aromatic rings. The van der Waals surface area contributed by atoms with E-state index in [1.54, 1.807) is 4.90 Å². The molecule has 1 amide bonds. The maximum absolute atomic E-state index is 11.6. The molecule has 0 unspecified atom stereocenters. The first-order valence-electron chi connectivity index (χ1n) is 8.54. The van der Waals surface area contributed by atoms with Gasteiger partial charge in [0.25, 0.3) is 0 Å². The molecule has 1 saturated heterocycles. The minimum absolute atomic E-state index is 0.235. The molecule has 1 N–H and O–H groups in total. The van der Waals surface area contributed by atoms with Crippen LogP contribution in [0.1, 0.15) is 33.1 Å². The summed E-state index contributed by atoms with van der Waals surface area (Å²) >= 11 is 0. The van der Waals surface area contributed by atoms with Crippen LogP contribution >= 0.6 is 0 Å². The van der Waals surface area contributed by atoms with Crippen LogP contribution in [0.4, 0.5) is 4.79 Å². The first kappa shape index (κ1) is 17.5. The highest BCUT2D eigenvalue weighted by molar-refractivity contribution is 5.67. The van der Waals surface area contributed by atoms with Crippen LogP contribution in [0.5, 0.6) is 0 Å². The van der Waals surface area contributed by atoms with E-state index in [9.17, 15) is 9.90 Å². The Kier molecular flexibility index (Phi) is 6.92. The molecule has 0 aromatic heterocycles. The molecule has 0 radical (unpaired) electrons.